The van der Waals surface area contributed by atoms with Gasteiger partial charge in [-0.05, 0) is 0 Å². The van der Waals surface area contributed by atoms with E-state index < -0.39 is 11.9 Å². The zero-order valence-corrected chi connectivity index (χ0v) is 12.6. The third-order valence-electron chi connectivity index (χ3n) is 2.34. The van der Waals surface area contributed by atoms with Gasteiger partial charge in [0.2, 0.25) is 5.89 Å². The predicted molar refractivity (Wildman–Crippen MR) is 73.2 cm³/mol. The summed E-state index contributed by atoms with van der Waals surface area (Å²) in [5, 5.41) is 2.34. The predicted octanol–water partition coefficient (Wildman–Crippen LogP) is 1.78. The lowest BCUT2D eigenvalue weighted by Crippen LogP contribution is -2.28. The normalized spacial score (nSPS) is 11.3. The maximum atomic E-state index is 11.9. The van der Waals surface area contributed by atoms with E-state index in [1.54, 1.807) is 6.92 Å². The molecule has 0 aliphatic heterocycles. The number of aryl methyl sites for hydroxylation is 1. The molecule has 0 atom stereocenters. The number of esters is 1. The molecule has 1 amide bonds. The molecule has 0 fully saturated rings. The average molecular weight is 356 g/mol. The van der Waals surface area contributed by atoms with Crippen LogP contribution in [0.5, 0.6) is 0 Å². The summed E-state index contributed by atoms with van der Waals surface area (Å²) in [4.78, 5) is 32.5. The van der Waals surface area contributed by atoms with Gasteiger partial charge in [0.15, 0.2) is 17.3 Å². The number of amides is 1. The topological polar surface area (TPSA) is 107 Å². The van der Waals surface area contributed by atoms with E-state index >= 15 is 0 Å². The Labute approximate surface area is 127 Å². The maximum Gasteiger partial charge on any atom is 0.355 e. The molecule has 0 aliphatic carbocycles. The third-order valence-corrected chi connectivity index (χ3v) is 2.80. The van der Waals surface area contributed by atoms with Gasteiger partial charge in [0.25, 0.3) is 5.91 Å². The molecule has 2 aromatic heterocycles. The Bertz CT molecular complexity index is 703. The molecular formula is C12H10BrN3O5. The van der Waals surface area contributed by atoms with Crippen molar-refractivity contribution in [1.82, 2.24) is 15.3 Å². The molecule has 2 aromatic rings. The lowest BCUT2D eigenvalue weighted by molar-refractivity contribution is -0.136. The molecule has 21 heavy (non-hydrogen) atoms. The summed E-state index contributed by atoms with van der Waals surface area (Å²) in [5.74, 6) is -0.735. The van der Waals surface area contributed by atoms with Crippen LogP contribution in [0.2, 0.25) is 0 Å². The first-order valence-electron chi connectivity index (χ1n) is 5.63. The van der Waals surface area contributed by atoms with Gasteiger partial charge in [0.1, 0.15) is 18.2 Å². The second-order valence-corrected chi connectivity index (χ2v) is 4.22. The van der Waals surface area contributed by atoms with Crippen LogP contribution in [0, 0.1) is 6.92 Å². The minimum Gasteiger partial charge on any atom is -0.464 e. The van der Waals surface area contributed by atoms with Crippen molar-refractivity contribution in [3.8, 4) is 11.6 Å². The number of hydrogen-bond donors (Lipinski definition) is 1. The summed E-state index contributed by atoms with van der Waals surface area (Å²) in [6.45, 7) is 1.67. The van der Waals surface area contributed by atoms with Crippen LogP contribution in [0.1, 0.15) is 16.4 Å². The van der Waals surface area contributed by atoms with Crippen LogP contribution in [0.25, 0.3) is 11.6 Å². The summed E-state index contributed by atoms with van der Waals surface area (Å²) in [5.41, 5.74) is 0.293. The summed E-state index contributed by atoms with van der Waals surface area (Å²) in [7, 11) is 1.20. The molecule has 2 rings (SSSR count). The molecule has 0 aliphatic rings. The van der Waals surface area contributed by atoms with E-state index in [0.717, 1.165) is 6.26 Å². The van der Waals surface area contributed by atoms with Crippen molar-refractivity contribution in [2.45, 2.75) is 6.92 Å². The van der Waals surface area contributed by atoms with Crippen molar-refractivity contribution in [2.75, 3.05) is 7.11 Å². The van der Waals surface area contributed by atoms with Gasteiger partial charge in [-0.3, -0.25) is 4.79 Å². The Morgan fingerprint density at radius 3 is 2.67 bits per heavy atom. The number of nitrogens with zero attached hydrogens (tertiary/aromatic N) is 2. The number of halogens is 1. The zero-order chi connectivity index (χ0) is 15.4. The van der Waals surface area contributed by atoms with E-state index in [0.29, 0.717) is 11.6 Å². The van der Waals surface area contributed by atoms with E-state index in [1.165, 1.54) is 18.4 Å². The van der Waals surface area contributed by atoms with Crippen molar-refractivity contribution in [1.29, 1.82) is 0 Å². The summed E-state index contributed by atoms with van der Waals surface area (Å²) in [6, 6.07) is 0. The minimum absolute atomic E-state index is 0.0126. The first-order valence-corrected chi connectivity index (χ1v) is 6.54. The summed E-state index contributed by atoms with van der Waals surface area (Å²) >= 11 is 2.96. The Morgan fingerprint density at radius 2 is 2.10 bits per heavy atom. The molecule has 0 bridgehead atoms. The average Bonchev–Trinajstić information content (AvgIpc) is 3.12. The lowest BCUT2D eigenvalue weighted by Gasteiger charge is -2.04. The number of hydrogen-bond acceptors (Lipinski definition) is 7. The van der Waals surface area contributed by atoms with Gasteiger partial charge in [-0.1, -0.05) is 15.9 Å². The van der Waals surface area contributed by atoms with E-state index in [4.69, 9.17) is 8.83 Å². The third kappa shape index (κ3) is 3.37. The van der Waals surface area contributed by atoms with E-state index in [1.807, 2.05) is 0 Å². The molecule has 1 N–H and O–H groups in total. The zero-order valence-electron chi connectivity index (χ0n) is 11.0. The standard InChI is InChI=1S/C12H10BrN3O5/c1-6-14-9(5-20-6)11-16-8(4-21-11)10(17)15-7(3-13)12(18)19-2/h3-5H,1-2H3,(H,15,17)/b7-3+. The molecule has 0 saturated heterocycles. The summed E-state index contributed by atoms with van der Waals surface area (Å²) < 4.78 is 14.7. The van der Waals surface area contributed by atoms with Crippen molar-refractivity contribution >= 4 is 27.8 Å². The lowest BCUT2D eigenvalue weighted by atomic mass is 10.4. The Balaban J connectivity index is 2.14. The maximum absolute atomic E-state index is 11.9. The second-order valence-electron chi connectivity index (χ2n) is 3.76. The molecule has 0 saturated carbocycles. The number of ether oxygens (including phenoxy) is 1. The molecular weight excluding hydrogens is 346 g/mol. The van der Waals surface area contributed by atoms with Gasteiger partial charge >= 0.3 is 5.97 Å². The van der Waals surface area contributed by atoms with Gasteiger partial charge in [0, 0.05) is 11.9 Å². The van der Waals surface area contributed by atoms with Crippen molar-refractivity contribution < 1.29 is 23.2 Å². The smallest absolute Gasteiger partial charge is 0.355 e. The Morgan fingerprint density at radius 1 is 1.33 bits per heavy atom. The number of oxazole rings is 2. The van der Waals surface area contributed by atoms with Gasteiger partial charge < -0.3 is 18.9 Å². The number of carbonyl (C=O) groups is 2. The number of methoxy groups -OCH3 is 1. The fraction of sp³-hybridized carbons (Fsp3) is 0.167. The van der Waals surface area contributed by atoms with Crippen LogP contribution in [-0.4, -0.2) is 29.0 Å². The quantitative estimate of drug-likeness (QED) is 0.657. The van der Waals surface area contributed by atoms with E-state index in [-0.39, 0.29) is 17.3 Å². The fourth-order valence-electron chi connectivity index (χ4n) is 1.38. The molecule has 0 aromatic carbocycles. The van der Waals surface area contributed by atoms with Crippen LogP contribution in [0.3, 0.4) is 0 Å². The molecule has 8 nitrogen and oxygen atoms in total. The van der Waals surface area contributed by atoms with Crippen LogP contribution < -0.4 is 5.32 Å². The molecule has 110 valence electrons. The molecule has 0 spiro atoms. The van der Waals surface area contributed by atoms with Gasteiger partial charge in [0.05, 0.1) is 7.11 Å². The monoisotopic (exact) mass is 355 g/mol. The molecule has 2 heterocycles. The second kappa shape index (κ2) is 6.35. The van der Waals surface area contributed by atoms with Crippen molar-refractivity contribution in [3.05, 3.63) is 34.8 Å². The number of aromatic nitrogens is 2. The van der Waals surface area contributed by atoms with Crippen LogP contribution in [0.15, 0.2) is 32.0 Å². The van der Waals surface area contributed by atoms with Crippen molar-refractivity contribution in [3.63, 3.8) is 0 Å². The highest BCUT2D eigenvalue weighted by Crippen LogP contribution is 2.17. The Hall–Kier alpha value is -2.42. The highest BCUT2D eigenvalue weighted by atomic mass is 79.9. The van der Waals surface area contributed by atoms with Gasteiger partial charge in [-0.15, -0.1) is 0 Å². The largest absolute Gasteiger partial charge is 0.464 e. The fourth-order valence-corrected chi connectivity index (χ4v) is 1.68. The highest BCUT2D eigenvalue weighted by Gasteiger charge is 2.19. The van der Waals surface area contributed by atoms with Crippen molar-refractivity contribution in [2.24, 2.45) is 0 Å². The van der Waals surface area contributed by atoms with Crippen LogP contribution in [0.4, 0.5) is 0 Å². The SMILES string of the molecule is COC(=O)/C(=C\Br)NC(=O)c1coc(-c2coc(C)n2)n1. The van der Waals surface area contributed by atoms with E-state index in [2.05, 4.69) is 36.0 Å². The first-order chi connectivity index (χ1) is 10.0. The first kappa shape index (κ1) is 15.0. The van der Waals surface area contributed by atoms with Gasteiger partial charge in [-0.25, -0.2) is 14.8 Å². The number of carbonyl (C=O) groups excluding carboxylic acids is 2. The highest BCUT2D eigenvalue weighted by molar-refractivity contribution is 9.11. The number of nitrogens with one attached hydrogen (secondary N) is 1. The van der Waals surface area contributed by atoms with Crippen LogP contribution >= 0.6 is 15.9 Å². The van der Waals surface area contributed by atoms with E-state index in [9.17, 15) is 9.59 Å². The van der Waals surface area contributed by atoms with Gasteiger partial charge in [-0.2, -0.15) is 0 Å². The Kier molecular flexibility index (Phi) is 4.53. The minimum atomic E-state index is -0.698. The molecule has 0 unspecified atom stereocenters. The van der Waals surface area contributed by atoms with Crippen LogP contribution in [-0.2, 0) is 9.53 Å². The molecule has 0 radical (unpaired) electrons. The number of rotatable bonds is 4. The summed E-state index contributed by atoms with van der Waals surface area (Å²) in [6.07, 6.45) is 2.51. The molecule has 9 heteroatoms.